The maximum Gasteiger partial charge on any atom is 0.306 e. The van der Waals surface area contributed by atoms with Gasteiger partial charge >= 0.3 is 11.9 Å². The molecule has 0 N–H and O–H groups in total. The number of hydrogen-bond donors (Lipinski definition) is 0. The fraction of sp³-hybridized carbons (Fsp3) is 0.789. The van der Waals surface area contributed by atoms with E-state index >= 15 is 0 Å². The zero-order valence-electron chi connectivity index (χ0n) is 15.0. The van der Waals surface area contributed by atoms with Crippen LogP contribution in [0.3, 0.4) is 0 Å². The highest BCUT2D eigenvalue weighted by atomic mass is 16.5. The van der Waals surface area contributed by atoms with E-state index in [0.717, 1.165) is 6.42 Å². The van der Waals surface area contributed by atoms with Crippen LogP contribution in [0.2, 0.25) is 0 Å². The molecule has 0 aromatic carbocycles. The quantitative estimate of drug-likeness (QED) is 0.531. The van der Waals surface area contributed by atoms with Crippen LogP contribution in [-0.2, 0) is 28.7 Å². The van der Waals surface area contributed by atoms with Crippen LogP contribution in [0.1, 0.15) is 64.7 Å². The van der Waals surface area contributed by atoms with E-state index in [1.807, 2.05) is 6.92 Å². The Morgan fingerprint density at radius 2 is 1.44 bits per heavy atom. The fourth-order valence-corrected chi connectivity index (χ4v) is 3.81. The van der Waals surface area contributed by atoms with Crippen LogP contribution in [0.4, 0.5) is 0 Å². The lowest BCUT2D eigenvalue weighted by Crippen LogP contribution is -2.25. The largest absolute Gasteiger partial charge is 0.465 e. The van der Waals surface area contributed by atoms with Gasteiger partial charge in [-0.1, -0.05) is 6.92 Å². The minimum Gasteiger partial charge on any atom is -0.465 e. The van der Waals surface area contributed by atoms with Crippen molar-refractivity contribution in [3.63, 3.8) is 0 Å². The van der Waals surface area contributed by atoms with E-state index in [0.29, 0.717) is 64.6 Å². The average Bonchev–Trinajstić information content (AvgIpc) is 3.17. The lowest BCUT2D eigenvalue weighted by atomic mass is 9.77. The summed E-state index contributed by atoms with van der Waals surface area (Å²) < 4.78 is 10.1. The van der Waals surface area contributed by atoms with E-state index in [-0.39, 0.29) is 41.3 Å². The van der Waals surface area contributed by atoms with E-state index in [1.54, 1.807) is 0 Å². The highest BCUT2D eigenvalue weighted by Gasteiger charge is 2.39. The number of hydrogen-bond acceptors (Lipinski definition) is 6. The van der Waals surface area contributed by atoms with E-state index in [9.17, 15) is 19.2 Å². The number of carbonyl (C=O) groups is 4. The van der Waals surface area contributed by atoms with Crippen LogP contribution >= 0.6 is 0 Å². The predicted octanol–water partition coefficient (Wildman–Crippen LogP) is 2.62. The highest BCUT2D eigenvalue weighted by Crippen LogP contribution is 2.36. The average molecular weight is 352 g/mol. The summed E-state index contributed by atoms with van der Waals surface area (Å²) in [7, 11) is 0. The van der Waals surface area contributed by atoms with E-state index < -0.39 is 0 Å². The zero-order chi connectivity index (χ0) is 18.2. The molecule has 0 aromatic heterocycles. The first-order chi connectivity index (χ1) is 12.0. The molecule has 2 rings (SSSR count). The number of cyclic esters (lactones) is 2. The molecule has 0 aliphatic carbocycles. The second-order valence-electron chi connectivity index (χ2n) is 7.18. The molecule has 6 nitrogen and oxygen atoms in total. The number of carbonyl (C=O) groups excluding carboxylic acids is 4. The van der Waals surface area contributed by atoms with Crippen molar-refractivity contribution < 1.29 is 28.7 Å². The predicted molar refractivity (Wildman–Crippen MR) is 89.6 cm³/mol. The van der Waals surface area contributed by atoms with Crippen molar-refractivity contribution in [1.82, 2.24) is 0 Å². The number of esters is 2. The third-order valence-electron chi connectivity index (χ3n) is 5.18. The Balaban J connectivity index is 1.78. The van der Waals surface area contributed by atoms with Crippen LogP contribution in [0.15, 0.2) is 0 Å². The minimum absolute atomic E-state index is 0.0610. The Morgan fingerprint density at radius 1 is 0.920 bits per heavy atom. The molecular formula is C19H28O6. The summed E-state index contributed by atoms with van der Waals surface area (Å²) in [5, 5.41) is 0. The molecule has 0 aromatic rings. The van der Waals surface area contributed by atoms with Gasteiger partial charge in [0, 0.05) is 37.5 Å². The monoisotopic (exact) mass is 352 g/mol. The van der Waals surface area contributed by atoms with Crippen LogP contribution in [0.25, 0.3) is 0 Å². The summed E-state index contributed by atoms with van der Waals surface area (Å²) in [6, 6.07) is 0. The molecule has 2 fully saturated rings. The Kier molecular flexibility index (Phi) is 7.59. The number of rotatable bonds is 11. The normalized spacial score (nSPS) is 24.0. The molecule has 6 heteroatoms. The Labute approximate surface area is 148 Å². The van der Waals surface area contributed by atoms with Gasteiger partial charge in [-0.2, -0.15) is 0 Å². The third-order valence-corrected chi connectivity index (χ3v) is 5.18. The molecule has 2 unspecified atom stereocenters. The van der Waals surface area contributed by atoms with Gasteiger partial charge in [-0.25, -0.2) is 0 Å². The first-order valence-corrected chi connectivity index (χ1v) is 9.34. The van der Waals surface area contributed by atoms with Crippen molar-refractivity contribution in [2.24, 2.45) is 17.8 Å². The third kappa shape index (κ3) is 6.25. The standard InChI is InChI=1S/C19H28O6/c1-2-4-15(20)5-3-6-16(21)7-8-17(13-9-18(22)24-11-13)14-10-19(23)25-12-14/h13-14,17H,2-12H2,1H3. The van der Waals surface area contributed by atoms with Gasteiger partial charge in [-0.15, -0.1) is 0 Å². The summed E-state index contributed by atoms with van der Waals surface area (Å²) in [5.74, 6) is 0.156. The van der Waals surface area contributed by atoms with Gasteiger partial charge in [0.1, 0.15) is 11.6 Å². The SMILES string of the molecule is CCCC(=O)CCCC(=O)CCC(C1COC(=O)C1)C1COC(=O)C1. The van der Waals surface area contributed by atoms with Gasteiger partial charge in [-0.05, 0) is 25.2 Å². The maximum atomic E-state index is 12.1. The molecule has 0 bridgehead atoms. The summed E-state index contributed by atoms with van der Waals surface area (Å²) in [4.78, 5) is 46.5. The van der Waals surface area contributed by atoms with Crippen LogP contribution in [-0.4, -0.2) is 36.7 Å². The molecular weight excluding hydrogens is 324 g/mol. The molecule has 140 valence electrons. The van der Waals surface area contributed by atoms with E-state index in [4.69, 9.17) is 9.47 Å². The lowest BCUT2D eigenvalue weighted by Gasteiger charge is -2.25. The molecule has 2 aliphatic rings. The molecule has 0 spiro atoms. The van der Waals surface area contributed by atoms with Crippen molar-refractivity contribution in [1.29, 1.82) is 0 Å². The molecule has 25 heavy (non-hydrogen) atoms. The number of ketones is 2. The topological polar surface area (TPSA) is 86.7 Å². The van der Waals surface area contributed by atoms with Crippen molar-refractivity contribution in [3.8, 4) is 0 Å². The summed E-state index contributed by atoms with van der Waals surface area (Å²) in [5.41, 5.74) is 0. The van der Waals surface area contributed by atoms with E-state index in [2.05, 4.69) is 0 Å². The van der Waals surface area contributed by atoms with Crippen LogP contribution < -0.4 is 0 Å². The van der Waals surface area contributed by atoms with Crippen molar-refractivity contribution in [3.05, 3.63) is 0 Å². The van der Waals surface area contributed by atoms with Crippen molar-refractivity contribution >= 4 is 23.5 Å². The number of ether oxygens (including phenoxy) is 2. The first kappa shape index (κ1) is 19.6. The Morgan fingerprint density at radius 3 is 1.88 bits per heavy atom. The van der Waals surface area contributed by atoms with Gasteiger partial charge < -0.3 is 9.47 Å². The van der Waals surface area contributed by atoms with Crippen molar-refractivity contribution in [2.75, 3.05) is 13.2 Å². The van der Waals surface area contributed by atoms with E-state index in [1.165, 1.54) is 0 Å². The van der Waals surface area contributed by atoms with Gasteiger partial charge in [0.2, 0.25) is 0 Å². The first-order valence-electron chi connectivity index (χ1n) is 9.34. The molecule has 2 atom stereocenters. The Bertz CT molecular complexity index is 486. The smallest absolute Gasteiger partial charge is 0.306 e. The molecule has 0 radical (unpaired) electrons. The second-order valence-corrected chi connectivity index (χ2v) is 7.18. The van der Waals surface area contributed by atoms with Crippen LogP contribution in [0, 0.1) is 17.8 Å². The summed E-state index contributed by atoms with van der Waals surface area (Å²) >= 11 is 0. The van der Waals surface area contributed by atoms with Crippen LogP contribution in [0.5, 0.6) is 0 Å². The lowest BCUT2D eigenvalue weighted by molar-refractivity contribution is -0.138. The fourth-order valence-electron chi connectivity index (χ4n) is 3.81. The van der Waals surface area contributed by atoms with Crippen molar-refractivity contribution in [2.45, 2.75) is 64.7 Å². The maximum absolute atomic E-state index is 12.1. The zero-order valence-corrected chi connectivity index (χ0v) is 15.0. The second kappa shape index (κ2) is 9.68. The van der Waals surface area contributed by atoms with Gasteiger partial charge in [0.15, 0.2) is 0 Å². The molecule has 2 heterocycles. The molecule has 0 amide bonds. The minimum atomic E-state index is -0.207. The highest BCUT2D eigenvalue weighted by molar-refractivity contribution is 5.81. The molecule has 2 aliphatic heterocycles. The van der Waals surface area contributed by atoms with Gasteiger partial charge in [0.25, 0.3) is 0 Å². The van der Waals surface area contributed by atoms with Gasteiger partial charge in [-0.3, -0.25) is 19.2 Å². The van der Waals surface area contributed by atoms with Gasteiger partial charge in [0.05, 0.1) is 26.1 Å². The molecule has 0 saturated carbocycles. The summed E-state index contributed by atoms with van der Waals surface area (Å²) in [6.45, 7) is 2.71. The molecule has 2 saturated heterocycles. The summed E-state index contributed by atoms with van der Waals surface area (Å²) in [6.07, 6.45) is 4.71. The number of Topliss-reactive ketones (excluding diaryl/α,β-unsaturated/α-hetero) is 2. The Hall–Kier alpha value is -1.72.